The lowest BCUT2D eigenvalue weighted by molar-refractivity contribution is -0.161. The fraction of sp³-hybridized carbons (Fsp3) is 0.727. The van der Waals surface area contributed by atoms with Crippen molar-refractivity contribution in [3.05, 3.63) is 0 Å². The first-order chi connectivity index (χ1) is 8.09. The highest BCUT2D eigenvalue weighted by Gasteiger charge is 2.48. The number of esters is 1. The first-order valence-electron chi connectivity index (χ1n) is 5.42. The zero-order valence-electron chi connectivity index (χ0n) is 11.2. The van der Waals surface area contributed by atoms with Crippen LogP contribution in [0, 0.1) is 0 Å². The molecule has 1 amide bonds. The van der Waals surface area contributed by atoms with Crippen molar-refractivity contribution in [1.82, 2.24) is 5.32 Å². The van der Waals surface area contributed by atoms with E-state index in [2.05, 4.69) is 10.1 Å². The van der Waals surface area contributed by atoms with Crippen molar-refractivity contribution < 1.29 is 29.0 Å². The Balaban J connectivity index is 5.08. The molecule has 0 aromatic rings. The maximum Gasteiger partial charge on any atom is 0.409 e. The van der Waals surface area contributed by atoms with Crippen molar-refractivity contribution in [1.29, 1.82) is 0 Å². The molecule has 0 aromatic carbocycles. The van der Waals surface area contributed by atoms with Gasteiger partial charge in [0.25, 0.3) is 0 Å². The summed E-state index contributed by atoms with van der Waals surface area (Å²) in [5, 5.41) is 11.2. The molecular weight excluding hydrogens is 242 g/mol. The van der Waals surface area contributed by atoms with Crippen LogP contribution in [0.3, 0.4) is 0 Å². The Bertz CT molecular complexity index is 346. The van der Waals surface area contributed by atoms with Gasteiger partial charge in [0.15, 0.2) is 0 Å². The Hall–Kier alpha value is -1.79. The van der Waals surface area contributed by atoms with E-state index >= 15 is 0 Å². The minimum atomic E-state index is -2.13. The predicted molar refractivity (Wildman–Crippen MR) is 62.0 cm³/mol. The summed E-state index contributed by atoms with van der Waals surface area (Å²) in [6.45, 7) is 6.32. The summed E-state index contributed by atoms with van der Waals surface area (Å²) in [4.78, 5) is 34.3. The molecule has 0 aliphatic rings. The van der Waals surface area contributed by atoms with Gasteiger partial charge in [0.05, 0.1) is 7.11 Å². The number of amides is 1. The fourth-order valence-electron chi connectivity index (χ4n) is 1.23. The van der Waals surface area contributed by atoms with Crippen molar-refractivity contribution in [3.63, 3.8) is 0 Å². The number of hydrogen-bond donors (Lipinski definition) is 2. The van der Waals surface area contributed by atoms with Crippen LogP contribution < -0.4 is 5.32 Å². The second-order valence-corrected chi connectivity index (χ2v) is 4.68. The van der Waals surface area contributed by atoms with Crippen LogP contribution in [-0.2, 0) is 19.1 Å². The smallest absolute Gasteiger partial charge is 0.409 e. The lowest BCUT2D eigenvalue weighted by atomic mass is 9.97. The summed E-state index contributed by atoms with van der Waals surface area (Å²) in [6.07, 6.45) is -1.15. The summed E-state index contributed by atoms with van der Waals surface area (Å²) >= 11 is 0. The molecule has 0 aliphatic heterocycles. The van der Waals surface area contributed by atoms with Crippen LogP contribution >= 0.6 is 0 Å². The van der Waals surface area contributed by atoms with Gasteiger partial charge < -0.3 is 14.6 Å². The number of carboxylic acid groups (broad SMARTS) is 1. The zero-order chi connectivity index (χ0) is 14.6. The van der Waals surface area contributed by atoms with Crippen molar-refractivity contribution in [2.75, 3.05) is 7.11 Å². The summed E-state index contributed by atoms with van der Waals surface area (Å²) in [7, 11) is 1.05. The molecule has 0 aliphatic carbocycles. The van der Waals surface area contributed by atoms with E-state index in [0.717, 1.165) is 7.11 Å². The van der Waals surface area contributed by atoms with Crippen LogP contribution in [0.2, 0.25) is 0 Å². The summed E-state index contributed by atoms with van der Waals surface area (Å²) in [6, 6.07) is 0. The molecule has 0 rings (SSSR count). The van der Waals surface area contributed by atoms with Crippen LogP contribution in [0.5, 0.6) is 0 Å². The summed E-state index contributed by atoms with van der Waals surface area (Å²) in [5.41, 5.74) is -2.92. The van der Waals surface area contributed by atoms with E-state index in [-0.39, 0.29) is 6.42 Å². The number of rotatable bonds is 4. The minimum absolute atomic E-state index is 0.158. The monoisotopic (exact) mass is 261 g/mol. The largest absolute Gasteiger partial charge is 0.479 e. The molecule has 0 saturated carbocycles. The van der Waals surface area contributed by atoms with Crippen molar-refractivity contribution in [2.45, 2.75) is 45.3 Å². The minimum Gasteiger partial charge on any atom is -0.479 e. The average molecular weight is 261 g/mol. The van der Waals surface area contributed by atoms with Gasteiger partial charge in [0, 0.05) is 0 Å². The highest BCUT2D eigenvalue weighted by Crippen LogP contribution is 2.15. The number of carbonyl (C=O) groups is 3. The average Bonchev–Trinajstić information content (AvgIpc) is 2.21. The van der Waals surface area contributed by atoms with E-state index in [0.29, 0.717) is 0 Å². The van der Waals surface area contributed by atoms with Gasteiger partial charge in [0.1, 0.15) is 5.60 Å². The van der Waals surface area contributed by atoms with E-state index in [9.17, 15) is 14.4 Å². The Morgan fingerprint density at radius 2 is 1.72 bits per heavy atom. The summed E-state index contributed by atoms with van der Waals surface area (Å²) < 4.78 is 9.33. The molecule has 1 atom stereocenters. The normalized spacial score (nSPS) is 14.3. The van der Waals surface area contributed by atoms with Gasteiger partial charge in [-0.25, -0.2) is 14.4 Å². The van der Waals surface area contributed by atoms with E-state index in [1.165, 1.54) is 6.92 Å². The van der Waals surface area contributed by atoms with E-state index in [1.54, 1.807) is 20.8 Å². The van der Waals surface area contributed by atoms with E-state index in [4.69, 9.17) is 9.84 Å². The Labute approximate surface area is 105 Å². The van der Waals surface area contributed by atoms with Gasteiger partial charge in [-0.15, -0.1) is 0 Å². The number of nitrogens with one attached hydrogen (secondary N) is 1. The van der Waals surface area contributed by atoms with Gasteiger partial charge in [0.2, 0.25) is 5.54 Å². The topological polar surface area (TPSA) is 102 Å². The van der Waals surface area contributed by atoms with Crippen LogP contribution in [-0.4, -0.2) is 41.4 Å². The number of carboxylic acids is 1. The van der Waals surface area contributed by atoms with Crippen molar-refractivity contribution in [3.8, 4) is 0 Å². The quantitative estimate of drug-likeness (QED) is 0.576. The molecule has 0 spiro atoms. The molecule has 104 valence electrons. The van der Waals surface area contributed by atoms with E-state index < -0.39 is 29.2 Å². The Morgan fingerprint density at radius 3 is 2.00 bits per heavy atom. The maximum absolute atomic E-state index is 11.6. The van der Waals surface area contributed by atoms with Crippen LogP contribution in [0.25, 0.3) is 0 Å². The zero-order valence-corrected chi connectivity index (χ0v) is 11.2. The second kappa shape index (κ2) is 5.70. The number of carbonyl (C=O) groups excluding carboxylic acids is 2. The number of hydrogen-bond acceptors (Lipinski definition) is 5. The first kappa shape index (κ1) is 16.2. The third-order valence-electron chi connectivity index (χ3n) is 2.14. The lowest BCUT2D eigenvalue weighted by Crippen LogP contribution is -2.60. The third-order valence-corrected chi connectivity index (χ3v) is 2.14. The van der Waals surface area contributed by atoms with Gasteiger partial charge >= 0.3 is 18.0 Å². The lowest BCUT2D eigenvalue weighted by Gasteiger charge is -2.28. The molecule has 0 unspecified atom stereocenters. The standard InChI is InChI=1S/C11H19NO6/c1-6-11(7(13)14,8(15)17-5)12-9(16)18-10(2,3)4/h6H2,1-5H3,(H,12,16)(H,13,14)/t11-/m0/s1. The molecule has 7 heteroatoms. The highest BCUT2D eigenvalue weighted by molar-refractivity contribution is 6.06. The SMILES string of the molecule is CC[C@](NC(=O)OC(C)(C)C)(C(=O)O)C(=O)OC. The summed E-state index contributed by atoms with van der Waals surface area (Å²) in [5.74, 6) is -2.55. The Morgan fingerprint density at radius 1 is 1.22 bits per heavy atom. The molecule has 0 aromatic heterocycles. The molecule has 0 radical (unpaired) electrons. The van der Waals surface area contributed by atoms with Crippen LogP contribution in [0.1, 0.15) is 34.1 Å². The molecule has 18 heavy (non-hydrogen) atoms. The third kappa shape index (κ3) is 3.90. The highest BCUT2D eigenvalue weighted by atomic mass is 16.6. The molecular formula is C11H19NO6. The fourth-order valence-corrected chi connectivity index (χ4v) is 1.23. The van der Waals surface area contributed by atoms with Crippen LogP contribution in [0.15, 0.2) is 0 Å². The van der Waals surface area contributed by atoms with Gasteiger partial charge in [-0.1, -0.05) is 6.92 Å². The number of ether oxygens (including phenoxy) is 2. The van der Waals surface area contributed by atoms with Gasteiger partial charge in [-0.3, -0.25) is 5.32 Å². The maximum atomic E-state index is 11.6. The molecule has 7 nitrogen and oxygen atoms in total. The number of methoxy groups -OCH3 is 1. The van der Waals surface area contributed by atoms with Crippen molar-refractivity contribution >= 4 is 18.0 Å². The molecule has 0 heterocycles. The number of alkyl carbamates (subject to hydrolysis) is 1. The molecule has 0 fully saturated rings. The Kier molecular flexibility index (Phi) is 5.13. The second-order valence-electron chi connectivity index (χ2n) is 4.68. The molecule has 0 saturated heterocycles. The molecule has 0 bridgehead atoms. The van der Waals surface area contributed by atoms with E-state index in [1.807, 2.05) is 0 Å². The van der Waals surface area contributed by atoms with Gasteiger partial charge in [-0.05, 0) is 27.2 Å². The number of aliphatic carboxylic acids is 1. The predicted octanol–water partition coefficient (Wildman–Crippen LogP) is 0.917. The van der Waals surface area contributed by atoms with Crippen LogP contribution in [0.4, 0.5) is 4.79 Å². The molecule has 2 N–H and O–H groups in total. The van der Waals surface area contributed by atoms with Crippen molar-refractivity contribution in [2.24, 2.45) is 0 Å². The first-order valence-corrected chi connectivity index (χ1v) is 5.42. The van der Waals surface area contributed by atoms with Gasteiger partial charge in [-0.2, -0.15) is 0 Å².